The van der Waals surface area contributed by atoms with Crippen LogP contribution in [0.25, 0.3) is 5.69 Å². The molecule has 1 aromatic carbocycles. The lowest BCUT2D eigenvalue weighted by Gasteiger charge is -2.14. The second-order valence-electron chi connectivity index (χ2n) is 6.36. The Hall–Kier alpha value is -2.54. The van der Waals surface area contributed by atoms with Crippen molar-refractivity contribution in [2.45, 2.75) is 32.6 Å². The van der Waals surface area contributed by atoms with E-state index in [9.17, 15) is 4.79 Å². The number of benzene rings is 1. The van der Waals surface area contributed by atoms with Crippen molar-refractivity contribution in [1.29, 1.82) is 0 Å². The quantitative estimate of drug-likeness (QED) is 0.770. The molecule has 0 radical (unpaired) electrons. The average molecular weight is 367 g/mol. The molecule has 7 heteroatoms. The van der Waals surface area contributed by atoms with Gasteiger partial charge in [0.1, 0.15) is 5.82 Å². The Labute approximate surface area is 156 Å². The van der Waals surface area contributed by atoms with Gasteiger partial charge in [0.2, 0.25) is 5.91 Å². The Balaban J connectivity index is 1.89. The van der Waals surface area contributed by atoms with Crippen LogP contribution in [0.5, 0.6) is 0 Å². The first-order chi connectivity index (χ1) is 12.6. The average Bonchev–Trinajstić information content (AvgIpc) is 3.11. The van der Waals surface area contributed by atoms with Crippen LogP contribution in [0.15, 0.2) is 36.5 Å². The zero-order valence-electron chi connectivity index (χ0n) is 15.1. The lowest BCUT2D eigenvalue weighted by Crippen LogP contribution is -2.15. The summed E-state index contributed by atoms with van der Waals surface area (Å²) in [6, 6.07) is 9.90. The van der Waals surface area contributed by atoms with E-state index in [2.05, 4.69) is 23.5 Å². The standard InChI is InChI=1S/C19H21N5OS/c1-4-23-10-15(12(2)21-23)18-17-13(3)22-24(14-8-6-5-7-9-14)19(17)20-16(25)11-26-18/h5-10,18H,4,11H2,1-3H3,(H,20,25)/t18-/m1/s1. The lowest BCUT2D eigenvalue weighted by atomic mass is 10.1. The van der Waals surface area contributed by atoms with Crippen LogP contribution >= 0.6 is 11.8 Å². The van der Waals surface area contributed by atoms with Crippen molar-refractivity contribution >= 4 is 23.5 Å². The number of carbonyl (C=O) groups is 1. The lowest BCUT2D eigenvalue weighted by molar-refractivity contribution is -0.113. The first-order valence-corrected chi connectivity index (χ1v) is 9.73. The van der Waals surface area contributed by atoms with Gasteiger partial charge in [-0.25, -0.2) is 4.68 Å². The highest BCUT2D eigenvalue weighted by Crippen LogP contribution is 2.44. The van der Waals surface area contributed by atoms with E-state index in [0.29, 0.717) is 5.75 Å². The maximum atomic E-state index is 12.4. The van der Waals surface area contributed by atoms with Gasteiger partial charge >= 0.3 is 0 Å². The molecule has 4 rings (SSSR count). The molecule has 1 aliphatic heterocycles. The molecular weight excluding hydrogens is 346 g/mol. The summed E-state index contributed by atoms with van der Waals surface area (Å²) in [5, 5.41) is 12.4. The first kappa shape index (κ1) is 16.9. The smallest absolute Gasteiger partial charge is 0.235 e. The minimum absolute atomic E-state index is 0.00336. The molecule has 134 valence electrons. The van der Waals surface area contributed by atoms with E-state index in [1.165, 1.54) is 0 Å². The van der Waals surface area contributed by atoms with Crippen LogP contribution in [0.2, 0.25) is 0 Å². The zero-order valence-corrected chi connectivity index (χ0v) is 15.9. The summed E-state index contributed by atoms with van der Waals surface area (Å²) in [6.07, 6.45) is 2.09. The fourth-order valence-corrected chi connectivity index (χ4v) is 4.59. The summed E-state index contributed by atoms with van der Waals surface area (Å²) in [4.78, 5) is 12.4. The van der Waals surface area contributed by atoms with E-state index >= 15 is 0 Å². The fraction of sp³-hybridized carbons (Fsp3) is 0.316. The number of para-hydroxylation sites is 1. The minimum Gasteiger partial charge on any atom is -0.310 e. The number of hydrogen-bond donors (Lipinski definition) is 1. The fourth-order valence-electron chi connectivity index (χ4n) is 3.34. The maximum Gasteiger partial charge on any atom is 0.235 e. The van der Waals surface area contributed by atoms with Crippen LogP contribution in [0.1, 0.15) is 34.7 Å². The third-order valence-electron chi connectivity index (χ3n) is 4.60. The summed E-state index contributed by atoms with van der Waals surface area (Å²) >= 11 is 1.63. The zero-order chi connectivity index (χ0) is 18.3. The molecule has 0 spiro atoms. The van der Waals surface area contributed by atoms with Crippen LogP contribution in [-0.4, -0.2) is 31.2 Å². The van der Waals surface area contributed by atoms with Crippen LogP contribution in [0.4, 0.5) is 5.82 Å². The molecule has 3 heterocycles. The molecule has 0 aliphatic carbocycles. The molecule has 2 aromatic heterocycles. The van der Waals surface area contributed by atoms with E-state index in [4.69, 9.17) is 5.10 Å². The molecule has 1 amide bonds. The third-order valence-corrected chi connectivity index (χ3v) is 5.85. The Morgan fingerprint density at radius 3 is 2.65 bits per heavy atom. The van der Waals surface area contributed by atoms with Crippen molar-refractivity contribution in [3.8, 4) is 5.69 Å². The van der Waals surface area contributed by atoms with Gasteiger partial charge in [0, 0.05) is 23.9 Å². The van der Waals surface area contributed by atoms with Crippen LogP contribution in [-0.2, 0) is 11.3 Å². The van der Waals surface area contributed by atoms with Gasteiger partial charge in [0.25, 0.3) is 0 Å². The summed E-state index contributed by atoms with van der Waals surface area (Å²) < 4.78 is 3.78. The van der Waals surface area contributed by atoms with Crippen LogP contribution in [0.3, 0.4) is 0 Å². The van der Waals surface area contributed by atoms with Gasteiger partial charge in [0.15, 0.2) is 0 Å². The molecule has 0 saturated heterocycles. The number of nitrogens with one attached hydrogen (secondary N) is 1. The Morgan fingerprint density at radius 1 is 1.19 bits per heavy atom. The molecule has 26 heavy (non-hydrogen) atoms. The highest BCUT2D eigenvalue weighted by atomic mass is 32.2. The summed E-state index contributed by atoms with van der Waals surface area (Å²) in [6.45, 7) is 6.93. The number of nitrogens with zero attached hydrogens (tertiary/aromatic N) is 4. The number of aryl methyl sites for hydroxylation is 3. The maximum absolute atomic E-state index is 12.4. The van der Waals surface area contributed by atoms with E-state index < -0.39 is 0 Å². The second kappa shape index (κ2) is 6.64. The number of carbonyl (C=O) groups excluding carboxylic acids is 1. The number of hydrogen-bond acceptors (Lipinski definition) is 4. The summed E-state index contributed by atoms with van der Waals surface area (Å²) in [7, 11) is 0. The molecule has 0 fully saturated rings. The topological polar surface area (TPSA) is 64.7 Å². The second-order valence-corrected chi connectivity index (χ2v) is 7.45. The number of aromatic nitrogens is 4. The third kappa shape index (κ3) is 2.82. The van der Waals surface area contributed by atoms with Crippen molar-refractivity contribution in [2.75, 3.05) is 11.1 Å². The number of anilines is 1. The predicted octanol–water partition coefficient (Wildman–Crippen LogP) is 3.48. The van der Waals surface area contributed by atoms with Crippen LogP contribution in [0, 0.1) is 13.8 Å². The van der Waals surface area contributed by atoms with Gasteiger partial charge in [-0.15, -0.1) is 11.8 Å². The van der Waals surface area contributed by atoms with Gasteiger partial charge in [-0.2, -0.15) is 10.2 Å². The van der Waals surface area contributed by atoms with E-state index in [0.717, 1.165) is 40.6 Å². The summed E-state index contributed by atoms with van der Waals surface area (Å²) in [5.41, 5.74) is 5.06. The normalized spacial score (nSPS) is 16.9. The SMILES string of the molecule is CCn1cc([C@H]2SCC(=O)Nc3c2c(C)nn3-c2ccccc2)c(C)n1. The molecule has 1 atom stereocenters. The van der Waals surface area contributed by atoms with E-state index in [1.807, 2.05) is 53.5 Å². The van der Waals surface area contributed by atoms with Crippen molar-refractivity contribution in [3.63, 3.8) is 0 Å². The predicted molar refractivity (Wildman–Crippen MR) is 104 cm³/mol. The Kier molecular flexibility index (Phi) is 4.32. The molecule has 1 N–H and O–H groups in total. The molecule has 0 saturated carbocycles. The molecule has 3 aromatic rings. The number of fused-ring (bicyclic) bond motifs is 1. The van der Waals surface area contributed by atoms with Gasteiger partial charge in [-0.1, -0.05) is 18.2 Å². The van der Waals surface area contributed by atoms with E-state index in [-0.39, 0.29) is 11.2 Å². The molecule has 1 aliphatic rings. The molecule has 6 nitrogen and oxygen atoms in total. The highest BCUT2D eigenvalue weighted by Gasteiger charge is 2.32. The molecular formula is C19H21N5OS. The molecule has 0 bridgehead atoms. The number of rotatable bonds is 3. The van der Waals surface area contributed by atoms with Crippen LogP contribution < -0.4 is 5.32 Å². The molecule has 0 unspecified atom stereocenters. The largest absolute Gasteiger partial charge is 0.310 e. The Bertz CT molecular complexity index is 960. The highest BCUT2D eigenvalue weighted by molar-refractivity contribution is 8.00. The number of thioether (sulfide) groups is 1. The minimum atomic E-state index is -0.00336. The van der Waals surface area contributed by atoms with Gasteiger partial charge in [0.05, 0.1) is 28.1 Å². The Morgan fingerprint density at radius 2 is 1.96 bits per heavy atom. The monoisotopic (exact) mass is 367 g/mol. The summed E-state index contributed by atoms with van der Waals surface area (Å²) in [5.74, 6) is 1.17. The van der Waals surface area contributed by atoms with Gasteiger partial charge < -0.3 is 5.32 Å². The van der Waals surface area contributed by atoms with Gasteiger partial charge in [-0.05, 0) is 32.9 Å². The van der Waals surface area contributed by atoms with Crippen molar-refractivity contribution in [1.82, 2.24) is 19.6 Å². The van der Waals surface area contributed by atoms with Crippen molar-refractivity contribution in [3.05, 3.63) is 59.0 Å². The first-order valence-electron chi connectivity index (χ1n) is 8.68. The van der Waals surface area contributed by atoms with E-state index in [1.54, 1.807) is 11.8 Å². The van der Waals surface area contributed by atoms with Crippen molar-refractivity contribution < 1.29 is 4.79 Å². The van der Waals surface area contributed by atoms with Crippen molar-refractivity contribution in [2.24, 2.45) is 0 Å². The number of amides is 1. The van der Waals surface area contributed by atoms with Gasteiger partial charge in [-0.3, -0.25) is 9.48 Å².